The molecule has 1 unspecified atom stereocenters. The molecule has 3 N–H and O–H groups in total. The number of amides is 2. The van der Waals surface area contributed by atoms with Crippen LogP contribution in [0, 0.1) is 5.92 Å². The molecule has 1 aliphatic rings. The number of nitrogens with one attached hydrogen (secondary N) is 3. The lowest BCUT2D eigenvalue weighted by Crippen LogP contribution is -3.11. The fourth-order valence-electron chi connectivity index (χ4n) is 2.91. The van der Waals surface area contributed by atoms with Crippen LogP contribution in [0.15, 0.2) is 24.3 Å². The lowest BCUT2D eigenvalue weighted by molar-refractivity contribution is -0.862. The third kappa shape index (κ3) is 7.26. The lowest BCUT2D eigenvalue weighted by Gasteiger charge is -2.17. The highest BCUT2D eigenvalue weighted by Crippen LogP contribution is 2.18. The lowest BCUT2D eigenvalue weighted by atomic mass is 10.00. The molecule has 1 aromatic carbocycles. The number of carbonyl (C=O) groups is 2. The second-order valence-corrected chi connectivity index (χ2v) is 7.78. The topological polar surface area (TPSA) is 62.6 Å². The van der Waals surface area contributed by atoms with Gasteiger partial charge in [-0.2, -0.15) is 0 Å². The normalized spacial score (nSPS) is 16.4. The van der Waals surface area contributed by atoms with Crippen LogP contribution in [-0.4, -0.2) is 38.0 Å². The van der Waals surface area contributed by atoms with Gasteiger partial charge in [-0.15, -0.1) is 0 Å². The highest BCUT2D eigenvalue weighted by atomic mass is 16.2. The highest BCUT2D eigenvalue weighted by molar-refractivity contribution is 5.79. The van der Waals surface area contributed by atoms with E-state index in [1.807, 2.05) is 14.0 Å². The van der Waals surface area contributed by atoms with Gasteiger partial charge in [-0.25, -0.2) is 0 Å². The van der Waals surface area contributed by atoms with Crippen LogP contribution in [-0.2, 0) is 16.0 Å². The van der Waals surface area contributed by atoms with E-state index >= 15 is 0 Å². The fourth-order valence-corrected chi connectivity index (χ4v) is 2.91. The predicted octanol–water partition coefficient (Wildman–Crippen LogP) is 0.856. The largest absolute Gasteiger partial charge is 0.348 e. The van der Waals surface area contributed by atoms with E-state index in [1.165, 1.54) is 5.56 Å². The van der Waals surface area contributed by atoms with Gasteiger partial charge in [-0.05, 0) is 43.2 Å². The summed E-state index contributed by atoms with van der Waals surface area (Å²) in [6.07, 6.45) is 3.23. The van der Waals surface area contributed by atoms with Crippen molar-refractivity contribution in [3.8, 4) is 0 Å². The monoisotopic (exact) mass is 346 g/mol. The number of hydrogen-bond donors (Lipinski definition) is 3. The van der Waals surface area contributed by atoms with Gasteiger partial charge in [0.1, 0.15) is 0 Å². The molecule has 5 heteroatoms. The molecule has 0 saturated heterocycles. The van der Waals surface area contributed by atoms with Crippen LogP contribution in [0.2, 0.25) is 0 Å². The summed E-state index contributed by atoms with van der Waals surface area (Å²) in [5.74, 6) is 0.635. The quantitative estimate of drug-likeness (QED) is 0.621. The Morgan fingerprint density at radius 3 is 2.24 bits per heavy atom. The average Bonchev–Trinajstić information content (AvgIpc) is 3.30. The predicted molar refractivity (Wildman–Crippen MR) is 99.3 cm³/mol. The third-order valence-corrected chi connectivity index (χ3v) is 4.37. The van der Waals surface area contributed by atoms with E-state index in [0.29, 0.717) is 25.0 Å². The van der Waals surface area contributed by atoms with Crippen molar-refractivity contribution >= 4 is 11.8 Å². The van der Waals surface area contributed by atoms with Crippen LogP contribution < -0.4 is 15.5 Å². The van der Waals surface area contributed by atoms with E-state index in [4.69, 9.17) is 0 Å². The third-order valence-electron chi connectivity index (χ3n) is 4.37. The standard InChI is InChI=1S/C20H31N3O2/c1-14(2)11-16-5-7-17(8-6-16)15(3)21-19(24)12-23(4)13-20(25)22-18-9-10-18/h5-8,14-15,18H,9-13H2,1-4H3,(H,21,24)(H,22,25)/p+1/t15-/m0/s1. The van der Waals surface area contributed by atoms with Crippen molar-refractivity contribution < 1.29 is 14.5 Å². The van der Waals surface area contributed by atoms with E-state index in [1.54, 1.807) is 0 Å². The molecule has 2 rings (SSSR count). The summed E-state index contributed by atoms with van der Waals surface area (Å²) in [6.45, 7) is 7.04. The molecule has 138 valence electrons. The highest BCUT2D eigenvalue weighted by Gasteiger charge is 2.25. The molecule has 1 aromatic rings. The van der Waals surface area contributed by atoms with Crippen LogP contribution in [0.4, 0.5) is 0 Å². The van der Waals surface area contributed by atoms with Crippen molar-refractivity contribution in [3.05, 3.63) is 35.4 Å². The molecule has 0 spiro atoms. The van der Waals surface area contributed by atoms with Gasteiger partial charge in [0.05, 0.1) is 13.1 Å². The Bertz CT molecular complexity index is 579. The molecule has 0 aliphatic heterocycles. The van der Waals surface area contributed by atoms with Crippen molar-refractivity contribution in [3.63, 3.8) is 0 Å². The van der Waals surface area contributed by atoms with Crippen LogP contribution in [0.3, 0.4) is 0 Å². The summed E-state index contributed by atoms with van der Waals surface area (Å²) in [4.78, 5) is 24.9. The van der Waals surface area contributed by atoms with Gasteiger partial charge >= 0.3 is 0 Å². The van der Waals surface area contributed by atoms with Crippen LogP contribution >= 0.6 is 0 Å². The Balaban J connectivity index is 1.75. The van der Waals surface area contributed by atoms with Gasteiger partial charge in [0.25, 0.3) is 11.8 Å². The number of benzene rings is 1. The minimum Gasteiger partial charge on any atom is -0.348 e. The number of carbonyl (C=O) groups excluding carboxylic acids is 2. The Morgan fingerprint density at radius 1 is 1.08 bits per heavy atom. The molecule has 2 amide bonds. The first kappa shape index (κ1) is 19.4. The zero-order chi connectivity index (χ0) is 18.4. The number of likely N-dealkylation sites (N-methyl/N-ethyl adjacent to an activating group) is 1. The maximum absolute atomic E-state index is 12.2. The summed E-state index contributed by atoms with van der Waals surface area (Å²) < 4.78 is 0. The number of hydrogen-bond acceptors (Lipinski definition) is 2. The second kappa shape index (κ2) is 8.99. The Hall–Kier alpha value is -1.88. The first-order chi connectivity index (χ1) is 11.8. The van der Waals surface area contributed by atoms with Gasteiger partial charge in [0.2, 0.25) is 0 Å². The van der Waals surface area contributed by atoms with Gasteiger partial charge in [-0.1, -0.05) is 38.1 Å². The molecule has 5 nitrogen and oxygen atoms in total. The van der Waals surface area contributed by atoms with Gasteiger partial charge in [0.15, 0.2) is 13.1 Å². The van der Waals surface area contributed by atoms with Crippen molar-refractivity contribution in [2.75, 3.05) is 20.1 Å². The summed E-state index contributed by atoms with van der Waals surface area (Å²) >= 11 is 0. The molecule has 1 fully saturated rings. The van der Waals surface area contributed by atoms with E-state index in [9.17, 15) is 9.59 Å². The molecule has 0 radical (unpaired) electrons. The molecule has 1 aliphatic carbocycles. The molecule has 25 heavy (non-hydrogen) atoms. The zero-order valence-electron chi connectivity index (χ0n) is 15.9. The molecular formula is C20H32N3O2+. The van der Waals surface area contributed by atoms with E-state index in [2.05, 4.69) is 48.7 Å². The number of quaternary nitrogens is 1. The first-order valence-electron chi connectivity index (χ1n) is 9.32. The SMILES string of the molecule is CC(C)Cc1ccc([C@H](C)NC(=O)C[NH+](C)CC(=O)NC2CC2)cc1. The second-order valence-electron chi connectivity index (χ2n) is 7.78. The van der Waals surface area contributed by atoms with Gasteiger partial charge in [0, 0.05) is 6.04 Å². The molecular weight excluding hydrogens is 314 g/mol. The Morgan fingerprint density at radius 2 is 1.68 bits per heavy atom. The molecule has 0 aromatic heterocycles. The fraction of sp³-hybridized carbons (Fsp3) is 0.600. The minimum absolute atomic E-state index is 0.0292. The molecule has 2 atom stereocenters. The first-order valence-corrected chi connectivity index (χ1v) is 9.32. The Labute approximate surface area is 151 Å². The van der Waals surface area contributed by atoms with Crippen molar-refractivity contribution in [1.82, 2.24) is 10.6 Å². The van der Waals surface area contributed by atoms with Crippen LogP contribution in [0.5, 0.6) is 0 Å². The van der Waals surface area contributed by atoms with E-state index in [0.717, 1.165) is 29.7 Å². The maximum Gasteiger partial charge on any atom is 0.275 e. The van der Waals surface area contributed by atoms with Crippen LogP contribution in [0.1, 0.15) is 50.8 Å². The van der Waals surface area contributed by atoms with E-state index in [-0.39, 0.29) is 17.9 Å². The average molecular weight is 346 g/mol. The summed E-state index contributed by atoms with van der Waals surface area (Å²) in [6, 6.07) is 8.78. The van der Waals surface area contributed by atoms with Crippen LogP contribution in [0.25, 0.3) is 0 Å². The summed E-state index contributed by atoms with van der Waals surface area (Å²) in [5.41, 5.74) is 2.42. The summed E-state index contributed by atoms with van der Waals surface area (Å²) in [7, 11) is 1.87. The molecule has 0 bridgehead atoms. The number of rotatable bonds is 9. The van der Waals surface area contributed by atoms with E-state index < -0.39 is 0 Å². The smallest absolute Gasteiger partial charge is 0.275 e. The van der Waals surface area contributed by atoms with Crippen molar-refractivity contribution in [2.45, 2.75) is 52.1 Å². The molecule has 0 heterocycles. The van der Waals surface area contributed by atoms with Crippen molar-refractivity contribution in [1.29, 1.82) is 0 Å². The van der Waals surface area contributed by atoms with Gasteiger partial charge < -0.3 is 15.5 Å². The summed E-state index contributed by atoms with van der Waals surface area (Å²) in [5, 5.41) is 5.97. The minimum atomic E-state index is -0.0336. The Kier molecular flexibility index (Phi) is 7.00. The molecule has 1 saturated carbocycles. The van der Waals surface area contributed by atoms with Gasteiger partial charge in [-0.3, -0.25) is 9.59 Å². The zero-order valence-corrected chi connectivity index (χ0v) is 15.9. The maximum atomic E-state index is 12.2. The van der Waals surface area contributed by atoms with Crippen molar-refractivity contribution in [2.24, 2.45) is 5.92 Å².